The van der Waals surface area contributed by atoms with Crippen molar-refractivity contribution in [1.29, 1.82) is 0 Å². The van der Waals surface area contributed by atoms with Gasteiger partial charge in [0.25, 0.3) is 0 Å². The third kappa shape index (κ3) is 6.56. The summed E-state index contributed by atoms with van der Waals surface area (Å²) >= 11 is 5.77. The number of carbonyl (C=O) groups excluding carboxylic acids is 2. The van der Waals surface area contributed by atoms with E-state index in [0.717, 1.165) is 11.8 Å². The first-order valence-electron chi connectivity index (χ1n) is 7.24. The molecule has 0 fully saturated rings. The number of Topliss-reactive ketones (excluding diaryl/α,β-unsaturated/α-hetero) is 1. The molecule has 0 saturated carbocycles. The lowest BCUT2D eigenvalue weighted by atomic mass is 10.1. The molecular formula is C17H16ClNO5S. The minimum atomic E-state index is -3.38. The number of ether oxygens (including phenoxy) is 1. The molecule has 0 radical (unpaired) electrons. The number of hydrogen-bond acceptors (Lipinski definition) is 5. The van der Waals surface area contributed by atoms with E-state index in [2.05, 4.69) is 4.72 Å². The molecule has 0 aliphatic carbocycles. The van der Waals surface area contributed by atoms with E-state index in [9.17, 15) is 18.0 Å². The Labute approximate surface area is 150 Å². The van der Waals surface area contributed by atoms with Crippen molar-refractivity contribution in [2.75, 3.05) is 17.6 Å². The average Bonchev–Trinajstić information content (AvgIpc) is 2.54. The van der Waals surface area contributed by atoms with Gasteiger partial charge in [-0.2, -0.15) is 0 Å². The number of carbonyl (C=O) groups is 2. The van der Waals surface area contributed by atoms with Crippen molar-refractivity contribution in [2.24, 2.45) is 0 Å². The molecule has 0 aliphatic heterocycles. The fourth-order valence-corrected chi connectivity index (χ4v) is 2.68. The topological polar surface area (TPSA) is 89.5 Å². The highest BCUT2D eigenvalue weighted by molar-refractivity contribution is 7.92. The zero-order chi connectivity index (χ0) is 18.4. The Balaban J connectivity index is 1.87. The standard InChI is InChI=1S/C17H16ClNO5S/c1-25(22,23)19-15-8-4-13(5-9-15)16(20)11-24-17(21)10-12-2-6-14(18)7-3-12/h2-9,19H,10-11H2,1H3. The fraction of sp³-hybridized carbons (Fsp3) is 0.176. The number of hydrogen-bond donors (Lipinski definition) is 1. The van der Waals surface area contributed by atoms with Gasteiger partial charge >= 0.3 is 5.97 Å². The lowest BCUT2D eigenvalue weighted by Crippen LogP contribution is -2.16. The number of sulfonamides is 1. The highest BCUT2D eigenvalue weighted by Crippen LogP contribution is 2.12. The van der Waals surface area contributed by atoms with Gasteiger partial charge in [-0.3, -0.25) is 14.3 Å². The molecule has 25 heavy (non-hydrogen) atoms. The lowest BCUT2D eigenvalue weighted by Gasteiger charge is -2.06. The van der Waals surface area contributed by atoms with Gasteiger partial charge in [-0.15, -0.1) is 0 Å². The molecule has 2 rings (SSSR count). The van der Waals surface area contributed by atoms with Crippen LogP contribution in [0.5, 0.6) is 0 Å². The molecule has 1 N–H and O–H groups in total. The molecule has 0 heterocycles. The van der Waals surface area contributed by atoms with E-state index in [1.165, 1.54) is 24.3 Å². The minimum absolute atomic E-state index is 0.0433. The molecule has 0 spiro atoms. The van der Waals surface area contributed by atoms with Gasteiger partial charge in [-0.1, -0.05) is 23.7 Å². The van der Waals surface area contributed by atoms with Crippen molar-refractivity contribution in [3.63, 3.8) is 0 Å². The van der Waals surface area contributed by atoms with Crippen LogP contribution in [0.15, 0.2) is 48.5 Å². The summed E-state index contributed by atoms with van der Waals surface area (Å²) in [7, 11) is -3.38. The van der Waals surface area contributed by atoms with Crippen molar-refractivity contribution in [2.45, 2.75) is 6.42 Å². The normalized spacial score (nSPS) is 11.0. The van der Waals surface area contributed by atoms with E-state index in [4.69, 9.17) is 16.3 Å². The Morgan fingerprint density at radius 1 is 1.04 bits per heavy atom. The Hall–Kier alpha value is -2.38. The summed E-state index contributed by atoms with van der Waals surface area (Å²) in [5.41, 5.74) is 1.40. The molecular weight excluding hydrogens is 366 g/mol. The molecule has 2 aromatic carbocycles. The predicted molar refractivity (Wildman–Crippen MR) is 95.4 cm³/mol. The number of nitrogens with one attached hydrogen (secondary N) is 1. The van der Waals surface area contributed by atoms with Crippen LogP contribution in [0.25, 0.3) is 0 Å². The van der Waals surface area contributed by atoms with Crippen LogP contribution in [0, 0.1) is 0 Å². The maximum absolute atomic E-state index is 12.0. The van der Waals surface area contributed by atoms with Crippen molar-refractivity contribution in [1.82, 2.24) is 0 Å². The van der Waals surface area contributed by atoms with E-state index in [-0.39, 0.29) is 18.8 Å². The Morgan fingerprint density at radius 2 is 1.64 bits per heavy atom. The first-order valence-corrected chi connectivity index (χ1v) is 9.51. The summed E-state index contributed by atoms with van der Waals surface area (Å²) in [5.74, 6) is -0.901. The van der Waals surface area contributed by atoms with Crippen molar-refractivity contribution < 1.29 is 22.7 Å². The number of ketones is 1. The highest BCUT2D eigenvalue weighted by atomic mass is 35.5. The van der Waals surface area contributed by atoms with Crippen LogP contribution in [-0.2, 0) is 26.0 Å². The monoisotopic (exact) mass is 381 g/mol. The molecule has 6 nitrogen and oxygen atoms in total. The number of rotatable bonds is 7. The second-order valence-electron chi connectivity index (χ2n) is 5.34. The summed E-state index contributed by atoms with van der Waals surface area (Å²) in [6.07, 6.45) is 1.08. The molecule has 2 aromatic rings. The van der Waals surface area contributed by atoms with Crippen LogP contribution in [-0.4, -0.2) is 33.0 Å². The Kier molecular flexibility index (Phi) is 6.17. The summed E-state index contributed by atoms with van der Waals surface area (Å²) in [6.45, 7) is -0.384. The second kappa shape index (κ2) is 8.13. The third-order valence-corrected chi connectivity index (χ3v) is 3.99. The van der Waals surface area contributed by atoms with Gasteiger partial charge in [0.05, 0.1) is 12.7 Å². The van der Waals surface area contributed by atoms with Gasteiger partial charge in [-0.25, -0.2) is 8.42 Å². The van der Waals surface area contributed by atoms with E-state index < -0.39 is 16.0 Å². The number of halogens is 1. The third-order valence-electron chi connectivity index (χ3n) is 3.14. The smallest absolute Gasteiger partial charge is 0.310 e. The number of esters is 1. The highest BCUT2D eigenvalue weighted by Gasteiger charge is 2.11. The van der Waals surface area contributed by atoms with Crippen LogP contribution in [0.4, 0.5) is 5.69 Å². The second-order valence-corrected chi connectivity index (χ2v) is 7.52. The van der Waals surface area contributed by atoms with Crippen LogP contribution < -0.4 is 4.72 Å². The molecule has 0 atom stereocenters. The first kappa shape index (κ1) is 19.0. The summed E-state index contributed by atoms with van der Waals surface area (Å²) in [6, 6.07) is 12.6. The van der Waals surface area contributed by atoms with Crippen LogP contribution in [0.1, 0.15) is 15.9 Å². The fourth-order valence-electron chi connectivity index (χ4n) is 1.99. The van der Waals surface area contributed by atoms with Gasteiger partial charge in [0.15, 0.2) is 12.4 Å². The number of benzene rings is 2. The van der Waals surface area contributed by atoms with Gasteiger partial charge in [0.2, 0.25) is 10.0 Å². The van der Waals surface area contributed by atoms with Crippen LogP contribution in [0.3, 0.4) is 0 Å². The largest absolute Gasteiger partial charge is 0.457 e. The summed E-state index contributed by atoms with van der Waals surface area (Å²) in [5, 5.41) is 0.570. The van der Waals surface area contributed by atoms with E-state index in [0.29, 0.717) is 16.3 Å². The van der Waals surface area contributed by atoms with Gasteiger partial charge in [-0.05, 0) is 42.0 Å². The molecule has 0 aliphatic rings. The van der Waals surface area contributed by atoms with Crippen LogP contribution in [0.2, 0.25) is 5.02 Å². The molecule has 0 saturated heterocycles. The summed E-state index contributed by atoms with van der Waals surface area (Å²) in [4.78, 5) is 23.8. The zero-order valence-electron chi connectivity index (χ0n) is 13.4. The Bertz CT molecular complexity index is 861. The molecule has 132 valence electrons. The lowest BCUT2D eigenvalue weighted by molar-refractivity contribution is -0.141. The first-order chi connectivity index (χ1) is 11.7. The van der Waals surface area contributed by atoms with Crippen molar-refractivity contribution in [3.8, 4) is 0 Å². The molecule has 8 heteroatoms. The van der Waals surface area contributed by atoms with Crippen molar-refractivity contribution in [3.05, 3.63) is 64.7 Å². The average molecular weight is 382 g/mol. The summed E-state index contributed by atoms with van der Waals surface area (Å²) < 4.78 is 29.5. The molecule has 0 aromatic heterocycles. The zero-order valence-corrected chi connectivity index (χ0v) is 14.9. The SMILES string of the molecule is CS(=O)(=O)Nc1ccc(C(=O)COC(=O)Cc2ccc(Cl)cc2)cc1. The maximum atomic E-state index is 12.0. The van der Waals surface area contributed by atoms with Gasteiger partial charge in [0, 0.05) is 16.3 Å². The van der Waals surface area contributed by atoms with E-state index in [1.54, 1.807) is 24.3 Å². The quantitative estimate of drug-likeness (QED) is 0.588. The van der Waals surface area contributed by atoms with Gasteiger partial charge in [0.1, 0.15) is 0 Å². The minimum Gasteiger partial charge on any atom is -0.457 e. The van der Waals surface area contributed by atoms with E-state index >= 15 is 0 Å². The van der Waals surface area contributed by atoms with Gasteiger partial charge < -0.3 is 4.74 Å². The van der Waals surface area contributed by atoms with Crippen LogP contribution >= 0.6 is 11.6 Å². The number of anilines is 1. The Morgan fingerprint density at radius 3 is 2.20 bits per heavy atom. The van der Waals surface area contributed by atoms with Crippen molar-refractivity contribution >= 4 is 39.1 Å². The maximum Gasteiger partial charge on any atom is 0.310 e. The predicted octanol–water partition coefficient (Wildman–Crippen LogP) is 2.68. The van der Waals surface area contributed by atoms with E-state index in [1.807, 2.05) is 0 Å². The molecule has 0 bridgehead atoms. The molecule has 0 amide bonds. The molecule has 0 unspecified atom stereocenters.